The maximum Gasteiger partial charge on any atom is 0.269 e. The highest BCUT2D eigenvalue weighted by Gasteiger charge is 2.49. The van der Waals surface area contributed by atoms with Crippen LogP contribution in [0.4, 0.5) is 17.1 Å². The highest BCUT2D eigenvalue weighted by molar-refractivity contribution is 5.74. The van der Waals surface area contributed by atoms with Gasteiger partial charge in [0.2, 0.25) is 0 Å². The minimum atomic E-state index is -0.352. The van der Waals surface area contributed by atoms with Gasteiger partial charge in [0, 0.05) is 53.1 Å². The van der Waals surface area contributed by atoms with Gasteiger partial charge in [0.25, 0.3) is 5.69 Å². The Hall–Kier alpha value is -3.60. The van der Waals surface area contributed by atoms with Crippen LogP contribution >= 0.6 is 0 Å². The minimum absolute atomic E-state index is 0.137. The smallest absolute Gasteiger partial charge is 0.269 e. The van der Waals surface area contributed by atoms with Crippen LogP contribution in [-0.4, -0.2) is 24.1 Å². The first kappa shape index (κ1) is 25.1. The Bertz CT molecular complexity index is 1380. The molecular formula is C32H37N3O2. The van der Waals surface area contributed by atoms with Crippen LogP contribution in [0.25, 0.3) is 0 Å². The maximum absolute atomic E-state index is 11.6. The summed E-state index contributed by atoms with van der Waals surface area (Å²) in [4.78, 5) is 16.2. The van der Waals surface area contributed by atoms with Gasteiger partial charge in [-0.05, 0) is 62.1 Å². The predicted molar refractivity (Wildman–Crippen MR) is 153 cm³/mol. The summed E-state index contributed by atoms with van der Waals surface area (Å²) >= 11 is 0. The molecule has 0 aliphatic carbocycles. The number of nitro benzene ring substituents is 1. The van der Waals surface area contributed by atoms with Crippen molar-refractivity contribution in [1.82, 2.24) is 0 Å². The minimum Gasteiger partial charge on any atom is -0.364 e. The summed E-state index contributed by atoms with van der Waals surface area (Å²) in [6, 6.07) is 23.1. The summed E-state index contributed by atoms with van der Waals surface area (Å²) in [5.41, 5.74) is 8.28. The molecule has 0 fully saturated rings. The topological polar surface area (TPSA) is 49.6 Å². The first-order chi connectivity index (χ1) is 17.6. The second kappa shape index (κ2) is 9.05. The molecule has 0 spiro atoms. The molecular weight excluding hydrogens is 458 g/mol. The standard InChI is InChI=1S/C32H37N3O2/c1-7-33-27-17-15-24(35(36)37)19-25(27)31(4,5)29(33)20-30-32(6,21-23-12-10-9-11-13-23)26-18-22(3)14-16-28(26)34(30)8-2/h9-20,30H,7-8,21H2,1-6H3. The molecule has 0 N–H and O–H groups in total. The number of hydrogen-bond donors (Lipinski definition) is 0. The van der Waals surface area contributed by atoms with Crippen molar-refractivity contribution in [3.8, 4) is 0 Å². The van der Waals surface area contributed by atoms with E-state index in [0.29, 0.717) is 0 Å². The van der Waals surface area contributed by atoms with Crippen LogP contribution in [0.3, 0.4) is 0 Å². The molecule has 0 saturated carbocycles. The van der Waals surface area contributed by atoms with E-state index in [0.717, 1.165) is 30.8 Å². The molecule has 0 bridgehead atoms. The lowest BCUT2D eigenvalue weighted by Crippen LogP contribution is -2.44. The third-order valence-electron chi connectivity index (χ3n) is 8.54. The highest BCUT2D eigenvalue weighted by Crippen LogP contribution is 2.52. The van der Waals surface area contributed by atoms with E-state index >= 15 is 0 Å². The van der Waals surface area contributed by atoms with E-state index in [1.165, 1.54) is 28.1 Å². The van der Waals surface area contributed by atoms with Gasteiger partial charge in [0.05, 0.1) is 11.0 Å². The van der Waals surface area contributed by atoms with Crippen molar-refractivity contribution < 1.29 is 4.92 Å². The van der Waals surface area contributed by atoms with Gasteiger partial charge in [-0.2, -0.15) is 0 Å². The average molecular weight is 496 g/mol. The third-order valence-corrected chi connectivity index (χ3v) is 8.54. The second-order valence-corrected chi connectivity index (χ2v) is 11.2. The van der Waals surface area contributed by atoms with Gasteiger partial charge in [-0.15, -0.1) is 0 Å². The molecule has 0 saturated heterocycles. The van der Waals surface area contributed by atoms with Crippen molar-refractivity contribution in [1.29, 1.82) is 0 Å². The molecule has 2 heterocycles. The molecule has 37 heavy (non-hydrogen) atoms. The number of nitro groups is 1. The molecule has 192 valence electrons. The van der Waals surface area contributed by atoms with Crippen LogP contribution < -0.4 is 9.80 Å². The predicted octanol–water partition coefficient (Wildman–Crippen LogP) is 7.31. The van der Waals surface area contributed by atoms with Crippen LogP contribution in [0.2, 0.25) is 0 Å². The Balaban J connectivity index is 1.69. The number of nitrogens with zero attached hydrogens (tertiary/aromatic N) is 3. The van der Waals surface area contributed by atoms with E-state index in [1.54, 1.807) is 12.1 Å². The average Bonchev–Trinajstić information content (AvgIpc) is 3.23. The zero-order valence-corrected chi connectivity index (χ0v) is 22.8. The molecule has 5 heteroatoms. The number of benzene rings is 3. The summed E-state index contributed by atoms with van der Waals surface area (Å²) in [6.45, 7) is 15.1. The van der Waals surface area contributed by atoms with Gasteiger partial charge in [0.15, 0.2) is 0 Å². The lowest BCUT2D eigenvalue weighted by atomic mass is 9.72. The van der Waals surface area contributed by atoms with Gasteiger partial charge in [-0.1, -0.05) is 68.8 Å². The molecule has 5 nitrogen and oxygen atoms in total. The summed E-state index contributed by atoms with van der Waals surface area (Å²) < 4.78 is 0. The summed E-state index contributed by atoms with van der Waals surface area (Å²) in [7, 11) is 0. The van der Waals surface area contributed by atoms with Crippen molar-refractivity contribution in [2.24, 2.45) is 0 Å². The second-order valence-electron chi connectivity index (χ2n) is 11.2. The number of aryl methyl sites for hydroxylation is 1. The molecule has 2 atom stereocenters. The number of allylic oxidation sites excluding steroid dienone is 1. The first-order valence-electron chi connectivity index (χ1n) is 13.3. The molecule has 0 amide bonds. The number of non-ortho nitro benzene ring substituents is 1. The Morgan fingerprint density at radius 3 is 2.27 bits per heavy atom. The van der Waals surface area contributed by atoms with Crippen LogP contribution in [0.5, 0.6) is 0 Å². The third kappa shape index (κ3) is 3.92. The fraction of sp³-hybridized carbons (Fsp3) is 0.375. The van der Waals surface area contributed by atoms with Gasteiger partial charge >= 0.3 is 0 Å². The normalized spacial score (nSPS) is 22.9. The number of rotatable bonds is 6. The van der Waals surface area contributed by atoms with E-state index < -0.39 is 0 Å². The Morgan fingerprint density at radius 2 is 1.62 bits per heavy atom. The first-order valence-corrected chi connectivity index (χ1v) is 13.3. The number of fused-ring (bicyclic) bond motifs is 2. The zero-order valence-electron chi connectivity index (χ0n) is 22.8. The van der Waals surface area contributed by atoms with E-state index in [2.05, 4.69) is 106 Å². The number of hydrogen-bond acceptors (Lipinski definition) is 4. The molecule has 2 unspecified atom stereocenters. The Kier molecular flexibility index (Phi) is 6.13. The fourth-order valence-electron chi connectivity index (χ4n) is 6.64. The van der Waals surface area contributed by atoms with Crippen molar-refractivity contribution >= 4 is 17.1 Å². The summed E-state index contributed by atoms with van der Waals surface area (Å²) in [6.07, 6.45) is 3.40. The van der Waals surface area contributed by atoms with Crippen LogP contribution in [0, 0.1) is 17.0 Å². The van der Waals surface area contributed by atoms with Crippen molar-refractivity contribution in [3.05, 3.63) is 111 Å². The molecule has 3 aromatic rings. The number of likely N-dealkylation sites (N-methyl/N-ethyl adjacent to an activating group) is 2. The molecule has 0 aromatic heterocycles. The molecule has 2 aliphatic heterocycles. The van der Waals surface area contributed by atoms with Crippen LogP contribution in [0.1, 0.15) is 56.9 Å². The van der Waals surface area contributed by atoms with E-state index in [4.69, 9.17) is 0 Å². The summed E-state index contributed by atoms with van der Waals surface area (Å²) in [5.74, 6) is 0. The number of anilines is 2. The molecule has 0 radical (unpaired) electrons. The largest absolute Gasteiger partial charge is 0.364 e. The van der Waals surface area contributed by atoms with Gasteiger partial charge < -0.3 is 9.80 Å². The van der Waals surface area contributed by atoms with E-state index in [9.17, 15) is 10.1 Å². The van der Waals surface area contributed by atoms with Gasteiger partial charge in [-0.25, -0.2) is 0 Å². The van der Waals surface area contributed by atoms with Gasteiger partial charge in [-0.3, -0.25) is 10.1 Å². The summed E-state index contributed by atoms with van der Waals surface area (Å²) in [5, 5.41) is 11.6. The fourth-order valence-corrected chi connectivity index (χ4v) is 6.64. The lowest BCUT2D eigenvalue weighted by molar-refractivity contribution is -0.384. The van der Waals surface area contributed by atoms with Crippen LogP contribution in [0.15, 0.2) is 78.5 Å². The highest BCUT2D eigenvalue weighted by atomic mass is 16.6. The Labute approximate surface area is 220 Å². The molecule has 2 aliphatic rings. The van der Waals surface area contributed by atoms with E-state index in [1.807, 2.05) is 6.07 Å². The van der Waals surface area contributed by atoms with E-state index in [-0.39, 0.29) is 27.5 Å². The van der Waals surface area contributed by atoms with Crippen molar-refractivity contribution in [2.75, 3.05) is 22.9 Å². The Morgan fingerprint density at radius 1 is 0.919 bits per heavy atom. The molecule has 5 rings (SSSR count). The van der Waals surface area contributed by atoms with Crippen LogP contribution in [-0.2, 0) is 17.3 Å². The zero-order chi connectivity index (χ0) is 26.5. The van der Waals surface area contributed by atoms with Gasteiger partial charge in [0.1, 0.15) is 0 Å². The SMILES string of the molecule is CCN1C(=CC2N(CC)c3ccc(C)cc3C2(C)Cc2ccccc2)C(C)(C)c2cc([N+](=O)[O-])ccc21. The lowest BCUT2D eigenvalue weighted by Gasteiger charge is -2.37. The maximum atomic E-state index is 11.6. The monoisotopic (exact) mass is 495 g/mol. The molecule has 3 aromatic carbocycles. The quantitative estimate of drug-likeness (QED) is 0.266. The van der Waals surface area contributed by atoms with Crippen molar-refractivity contribution in [2.45, 2.75) is 64.8 Å². The van der Waals surface area contributed by atoms with Crippen molar-refractivity contribution in [3.63, 3.8) is 0 Å².